The van der Waals surface area contributed by atoms with Crippen molar-refractivity contribution >= 4 is 45.5 Å². The van der Waals surface area contributed by atoms with Crippen molar-refractivity contribution in [3.05, 3.63) is 89.7 Å². The van der Waals surface area contributed by atoms with Crippen molar-refractivity contribution in [3.8, 4) is 11.3 Å². The fraction of sp³-hybridized carbons (Fsp3) is 0.0800. The number of furan rings is 1. The Balaban J connectivity index is 1.45. The van der Waals surface area contributed by atoms with Crippen molar-refractivity contribution in [3.63, 3.8) is 0 Å². The number of carbonyl (C=O) groups is 1. The van der Waals surface area contributed by atoms with Gasteiger partial charge in [0, 0.05) is 30.0 Å². The Labute approximate surface area is 204 Å². The van der Waals surface area contributed by atoms with Gasteiger partial charge in [0.05, 0.1) is 40.1 Å². The molecule has 9 nitrogen and oxygen atoms in total. The van der Waals surface area contributed by atoms with Crippen LogP contribution in [0.25, 0.3) is 33.3 Å². The largest absolute Gasteiger partial charge is 0.467 e. The molecule has 6 aromatic rings. The minimum Gasteiger partial charge on any atom is -0.467 e. The van der Waals surface area contributed by atoms with Gasteiger partial charge in [-0.15, -0.1) is 0 Å². The number of hydrogen-bond acceptors (Lipinski definition) is 6. The van der Waals surface area contributed by atoms with Gasteiger partial charge >= 0.3 is 0 Å². The van der Waals surface area contributed by atoms with Crippen LogP contribution in [0.2, 0.25) is 5.02 Å². The quantitative estimate of drug-likeness (QED) is 0.373. The molecule has 172 valence electrons. The molecule has 0 aliphatic heterocycles. The van der Waals surface area contributed by atoms with E-state index in [0.29, 0.717) is 45.3 Å². The zero-order valence-corrected chi connectivity index (χ0v) is 19.3. The summed E-state index contributed by atoms with van der Waals surface area (Å²) in [6.45, 7) is 0.382. The number of pyridine rings is 2. The van der Waals surface area contributed by atoms with Gasteiger partial charge in [0.15, 0.2) is 5.65 Å². The van der Waals surface area contributed by atoms with Gasteiger partial charge in [0.25, 0.3) is 5.91 Å². The Morgan fingerprint density at radius 3 is 2.83 bits per heavy atom. The third kappa shape index (κ3) is 3.81. The SMILES string of the molecule is Cn1c(NC(=O)c2cc(-c3cccnc3)nc3c2cnn3Cc2ccco2)nc2cc(Cl)ccc21. The number of aromatic nitrogens is 6. The number of nitrogens with one attached hydrogen (secondary N) is 1. The highest BCUT2D eigenvalue weighted by Gasteiger charge is 2.20. The van der Waals surface area contributed by atoms with Crippen LogP contribution in [0.1, 0.15) is 16.1 Å². The molecule has 6 rings (SSSR count). The monoisotopic (exact) mass is 483 g/mol. The fourth-order valence-electron chi connectivity index (χ4n) is 4.02. The Morgan fingerprint density at radius 1 is 1.11 bits per heavy atom. The highest BCUT2D eigenvalue weighted by Crippen LogP contribution is 2.27. The second-order valence-electron chi connectivity index (χ2n) is 8.00. The molecule has 0 fully saturated rings. The van der Waals surface area contributed by atoms with Crippen molar-refractivity contribution in [2.45, 2.75) is 6.54 Å². The number of nitrogens with zero attached hydrogens (tertiary/aromatic N) is 6. The van der Waals surface area contributed by atoms with Gasteiger partial charge in [-0.2, -0.15) is 5.10 Å². The fourth-order valence-corrected chi connectivity index (χ4v) is 4.18. The van der Waals surface area contributed by atoms with Crippen LogP contribution < -0.4 is 5.32 Å². The predicted molar refractivity (Wildman–Crippen MR) is 132 cm³/mol. The van der Waals surface area contributed by atoms with Crippen molar-refractivity contribution in [1.29, 1.82) is 0 Å². The van der Waals surface area contributed by atoms with Crippen LogP contribution in [0.4, 0.5) is 5.95 Å². The summed E-state index contributed by atoms with van der Waals surface area (Å²) in [5, 5.41) is 8.60. The number of carbonyl (C=O) groups excluding carboxylic acids is 1. The Bertz CT molecular complexity index is 1690. The molecule has 1 aromatic carbocycles. The molecule has 1 amide bonds. The van der Waals surface area contributed by atoms with Crippen LogP contribution >= 0.6 is 11.6 Å². The van der Waals surface area contributed by atoms with Gasteiger partial charge in [-0.3, -0.25) is 15.1 Å². The van der Waals surface area contributed by atoms with E-state index in [0.717, 1.165) is 16.8 Å². The van der Waals surface area contributed by atoms with E-state index < -0.39 is 0 Å². The molecule has 1 N–H and O–H groups in total. The third-order valence-corrected chi connectivity index (χ3v) is 6.00. The molecule has 5 heterocycles. The molecule has 0 radical (unpaired) electrons. The topological polar surface area (TPSA) is 104 Å². The summed E-state index contributed by atoms with van der Waals surface area (Å²) in [4.78, 5) is 27.1. The van der Waals surface area contributed by atoms with E-state index in [1.807, 2.05) is 41.9 Å². The average Bonchev–Trinajstić information content (AvgIpc) is 3.60. The maximum absolute atomic E-state index is 13.5. The van der Waals surface area contributed by atoms with Crippen LogP contribution in [0, 0.1) is 0 Å². The summed E-state index contributed by atoms with van der Waals surface area (Å²) < 4.78 is 9.00. The first-order valence-electron chi connectivity index (χ1n) is 10.8. The van der Waals surface area contributed by atoms with Gasteiger partial charge in [0.2, 0.25) is 5.95 Å². The van der Waals surface area contributed by atoms with Crippen molar-refractivity contribution in [2.75, 3.05) is 5.32 Å². The van der Waals surface area contributed by atoms with Crippen molar-refractivity contribution in [2.24, 2.45) is 7.05 Å². The zero-order chi connectivity index (χ0) is 23.9. The molecule has 0 saturated carbocycles. The average molecular weight is 484 g/mol. The van der Waals surface area contributed by atoms with E-state index in [4.69, 9.17) is 21.0 Å². The van der Waals surface area contributed by atoms with Gasteiger partial charge in [-0.25, -0.2) is 14.6 Å². The molecule has 0 atom stereocenters. The normalized spacial score (nSPS) is 11.4. The molecule has 0 aliphatic carbocycles. The van der Waals surface area contributed by atoms with E-state index in [9.17, 15) is 4.79 Å². The third-order valence-electron chi connectivity index (χ3n) is 5.77. The minimum atomic E-state index is -0.329. The first-order chi connectivity index (χ1) is 17.1. The number of halogens is 1. The lowest BCUT2D eigenvalue weighted by atomic mass is 10.1. The second kappa shape index (κ2) is 8.37. The first-order valence-corrected chi connectivity index (χ1v) is 11.2. The number of fused-ring (bicyclic) bond motifs is 2. The van der Waals surface area contributed by atoms with Crippen LogP contribution in [0.3, 0.4) is 0 Å². The molecular formula is C25H18ClN7O2. The molecule has 10 heteroatoms. The molecule has 0 spiro atoms. The number of benzene rings is 1. The summed E-state index contributed by atoms with van der Waals surface area (Å²) in [6, 6.07) is 14.6. The van der Waals surface area contributed by atoms with E-state index >= 15 is 0 Å². The van der Waals surface area contributed by atoms with Gasteiger partial charge in [0.1, 0.15) is 12.3 Å². The van der Waals surface area contributed by atoms with Crippen LogP contribution in [0.15, 0.2) is 77.8 Å². The number of aryl methyl sites for hydroxylation is 1. The lowest BCUT2D eigenvalue weighted by Gasteiger charge is -2.09. The molecule has 35 heavy (non-hydrogen) atoms. The summed E-state index contributed by atoms with van der Waals surface area (Å²) in [5.74, 6) is 0.806. The van der Waals surface area contributed by atoms with Crippen LogP contribution in [-0.4, -0.2) is 35.2 Å². The summed E-state index contributed by atoms with van der Waals surface area (Å²) in [5.41, 5.74) is 3.92. The number of rotatable bonds is 5. The Hall–Kier alpha value is -4.50. The molecule has 0 unspecified atom stereocenters. The van der Waals surface area contributed by atoms with Gasteiger partial charge < -0.3 is 8.98 Å². The molecule has 0 bridgehead atoms. The number of anilines is 1. The maximum atomic E-state index is 13.5. The smallest absolute Gasteiger partial charge is 0.258 e. The van der Waals surface area contributed by atoms with Gasteiger partial charge in [-0.05, 0) is 48.5 Å². The first kappa shape index (κ1) is 21.1. The molecule has 0 saturated heterocycles. The van der Waals surface area contributed by atoms with Gasteiger partial charge in [-0.1, -0.05) is 11.6 Å². The van der Waals surface area contributed by atoms with E-state index in [1.165, 1.54) is 0 Å². The standard InChI is InChI=1S/C25H18ClN7O2/c1-32-22-7-6-16(26)10-21(22)30-25(32)31-24(34)18-11-20(15-4-2-8-27-12-15)29-23-19(18)13-28-33(23)14-17-5-3-9-35-17/h2-13H,14H2,1H3,(H,30,31,34). The Morgan fingerprint density at radius 2 is 2.03 bits per heavy atom. The van der Waals surface area contributed by atoms with Crippen LogP contribution in [0.5, 0.6) is 0 Å². The lowest BCUT2D eigenvalue weighted by Crippen LogP contribution is -2.16. The van der Waals surface area contributed by atoms with Crippen molar-refractivity contribution < 1.29 is 9.21 Å². The molecule has 0 aliphatic rings. The zero-order valence-electron chi connectivity index (χ0n) is 18.5. The summed E-state index contributed by atoms with van der Waals surface area (Å²) in [7, 11) is 1.84. The number of hydrogen-bond donors (Lipinski definition) is 1. The predicted octanol–water partition coefficient (Wildman–Crippen LogP) is 4.93. The maximum Gasteiger partial charge on any atom is 0.258 e. The number of amides is 1. The van der Waals surface area contributed by atoms with Crippen LogP contribution in [-0.2, 0) is 13.6 Å². The highest BCUT2D eigenvalue weighted by atomic mass is 35.5. The second-order valence-corrected chi connectivity index (χ2v) is 8.43. The summed E-state index contributed by atoms with van der Waals surface area (Å²) in [6.07, 6.45) is 6.65. The molecule has 5 aromatic heterocycles. The van der Waals surface area contributed by atoms with E-state index in [2.05, 4.69) is 20.4 Å². The van der Waals surface area contributed by atoms with E-state index in [1.54, 1.807) is 47.7 Å². The van der Waals surface area contributed by atoms with E-state index in [-0.39, 0.29) is 5.91 Å². The minimum absolute atomic E-state index is 0.329. The Kier molecular flexibility index (Phi) is 5.04. The summed E-state index contributed by atoms with van der Waals surface area (Å²) >= 11 is 6.11. The number of imidazole rings is 1. The lowest BCUT2D eigenvalue weighted by molar-refractivity contribution is 0.102. The molecular weight excluding hydrogens is 466 g/mol. The van der Waals surface area contributed by atoms with Crippen molar-refractivity contribution in [1.82, 2.24) is 29.3 Å². The highest BCUT2D eigenvalue weighted by molar-refractivity contribution is 6.31.